The summed E-state index contributed by atoms with van der Waals surface area (Å²) in [5, 5.41) is 3.62. The van der Waals surface area contributed by atoms with Crippen LogP contribution in [0.4, 0.5) is 4.79 Å². The second-order valence-corrected chi connectivity index (χ2v) is 6.30. The molecular formula is C18H20ClN3O3. The number of furan rings is 1. The van der Waals surface area contributed by atoms with Crippen molar-refractivity contribution in [3.05, 3.63) is 59.0 Å². The van der Waals surface area contributed by atoms with Crippen LogP contribution in [-0.4, -0.2) is 54.5 Å². The molecule has 2 heterocycles. The van der Waals surface area contributed by atoms with Crippen LogP contribution >= 0.6 is 11.6 Å². The molecule has 1 aromatic heterocycles. The van der Waals surface area contributed by atoms with Gasteiger partial charge >= 0.3 is 6.03 Å². The van der Waals surface area contributed by atoms with Gasteiger partial charge in [-0.2, -0.15) is 0 Å². The van der Waals surface area contributed by atoms with Gasteiger partial charge in [-0.1, -0.05) is 23.7 Å². The van der Waals surface area contributed by atoms with Gasteiger partial charge in [-0.25, -0.2) is 4.79 Å². The molecule has 1 aromatic carbocycles. The second kappa shape index (κ2) is 8.07. The molecule has 1 N–H and O–H groups in total. The third-order valence-corrected chi connectivity index (χ3v) is 4.44. The smallest absolute Gasteiger partial charge is 0.317 e. The maximum absolute atomic E-state index is 12.2. The zero-order valence-corrected chi connectivity index (χ0v) is 14.5. The van der Waals surface area contributed by atoms with Crippen LogP contribution in [0.1, 0.15) is 16.1 Å². The number of piperazine rings is 1. The maximum atomic E-state index is 12.2. The summed E-state index contributed by atoms with van der Waals surface area (Å²) in [6.45, 7) is 2.60. The molecule has 0 aliphatic carbocycles. The molecular weight excluding hydrogens is 342 g/mol. The van der Waals surface area contributed by atoms with Crippen LogP contribution in [0.25, 0.3) is 0 Å². The van der Waals surface area contributed by atoms with Crippen LogP contribution in [0.15, 0.2) is 47.1 Å². The first-order chi connectivity index (χ1) is 12.1. The van der Waals surface area contributed by atoms with Gasteiger partial charge in [-0.3, -0.25) is 4.79 Å². The summed E-state index contributed by atoms with van der Waals surface area (Å²) in [4.78, 5) is 27.8. The molecule has 0 saturated carbocycles. The molecule has 3 rings (SSSR count). The van der Waals surface area contributed by atoms with Crippen LogP contribution in [-0.2, 0) is 6.42 Å². The van der Waals surface area contributed by atoms with Gasteiger partial charge in [0, 0.05) is 37.7 Å². The van der Waals surface area contributed by atoms with Crippen molar-refractivity contribution < 1.29 is 14.0 Å². The quantitative estimate of drug-likeness (QED) is 0.910. The zero-order chi connectivity index (χ0) is 17.6. The number of rotatable bonds is 4. The van der Waals surface area contributed by atoms with Crippen LogP contribution in [0, 0.1) is 0 Å². The van der Waals surface area contributed by atoms with Crippen molar-refractivity contribution in [3.63, 3.8) is 0 Å². The fourth-order valence-corrected chi connectivity index (χ4v) is 2.87. The van der Waals surface area contributed by atoms with Crippen molar-refractivity contribution >= 4 is 23.5 Å². The number of urea groups is 1. The average Bonchev–Trinajstić information content (AvgIpc) is 3.17. The molecule has 1 aliphatic rings. The van der Waals surface area contributed by atoms with E-state index in [1.807, 2.05) is 24.3 Å². The second-order valence-electron chi connectivity index (χ2n) is 5.86. The zero-order valence-electron chi connectivity index (χ0n) is 13.8. The Morgan fingerprint density at radius 2 is 1.72 bits per heavy atom. The fourth-order valence-electron chi connectivity index (χ4n) is 2.75. The molecule has 1 saturated heterocycles. The van der Waals surface area contributed by atoms with Crippen molar-refractivity contribution in [1.82, 2.24) is 15.1 Å². The van der Waals surface area contributed by atoms with E-state index in [1.165, 1.54) is 6.26 Å². The number of nitrogens with one attached hydrogen (secondary N) is 1. The molecule has 0 spiro atoms. The number of nitrogens with zero attached hydrogens (tertiary/aromatic N) is 2. The van der Waals surface area contributed by atoms with E-state index < -0.39 is 0 Å². The van der Waals surface area contributed by atoms with E-state index in [0.717, 1.165) is 12.0 Å². The standard InChI is InChI=1S/C18H20ClN3O3/c19-15-5-3-14(4-6-15)7-8-20-18(24)22-11-9-21(10-12-22)17(23)16-2-1-13-25-16/h1-6,13H,7-12H2,(H,20,24). The Hall–Kier alpha value is -2.47. The van der Waals surface area contributed by atoms with E-state index in [4.69, 9.17) is 16.0 Å². The summed E-state index contributed by atoms with van der Waals surface area (Å²) in [5.74, 6) is 0.202. The predicted molar refractivity (Wildman–Crippen MR) is 94.7 cm³/mol. The van der Waals surface area contributed by atoms with E-state index in [0.29, 0.717) is 43.5 Å². The van der Waals surface area contributed by atoms with Gasteiger partial charge in [0.25, 0.3) is 5.91 Å². The molecule has 2 aromatic rings. The van der Waals surface area contributed by atoms with Gasteiger partial charge in [0.15, 0.2) is 5.76 Å². The molecule has 3 amide bonds. The highest BCUT2D eigenvalue weighted by atomic mass is 35.5. The van der Waals surface area contributed by atoms with Gasteiger partial charge in [0.05, 0.1) is 6.26 Å². The Balaban J connectivity index is 1.41. The molecule has 0 bridgehead atoms. The highest BCUT2D eigenvalue weighted by Gasteiger charge is 2.25. The van der Waals surface area contributed by atoms with E-state index in [2.05, 4.69) is 5.32 Å². The summed E-state index contributed by atoms with van der Waals surface area (Å²) in [5.41, 5.74) is 1.12. The number of hydrogen-bond donors (Lipinski definition) is 1. The summed E-state index contributed by atoms with van der Waals surface area (Å²) < 4.78 is 5.13. The maximum Gasteiger partial charge on any atom is 0.317 e. The van der Waals surface area contributed by atoms with Crippen LogP contribution < -0.4 is 5.32 Å². The lowest BCUT2D eigenvalue weighted by molar-refractivity contribution is 0.0634. The van der Waals surface area contributed by atoms with Crippen LogP contribution in [0.2, 0.25) is 5.02 Å². The number of hydrogen-bond acceptors (Lipinski definition) is 3. The lowest BCUT2D eigenvalue weighted by Crippen LogP contribution is -2.53. The summed E-state index contributed by atoms with van der Waals surface area (Å²) >= 11 is 5.85. The van der Waals surface area contributed by atoms with Crippen molar-refractivity contribution in [1.29, 1.82) is 0 Å². The molecule has 0 unspecified atom stereocenters. The molecule has 25 heavy (non-hydrogen) atoms. The minimum Gasteiger partial charge on any atom is -0.459 e. The largest absolute Gasteiger partial charge is 0.459 e. The van der Waals surface area contributed by atoms with Crippen LogP contribution in [0.5, 0.6) is 0 Å². The third-order valence-electron chi connectivity index (χ3n) is 4.19. The number of halogens is 1. The molecule has 132 valence electrons. The average molecular weight is 362 g/mol. The van der Waals surface area contributed by atoms with Gasteiger partial charge in [-0.15, -0.1) is 0 Å². The summed E-state index contributed by atoms with van der Waals surface area (Å²) in [6.07, 6.45) is 2.23. The highest BCUT2D eigenvalue weighted by Crippen LogP contribution is 2.11. The molecule has 1 aliphatic heterocycles. The molecule has 0 atom stereocenters. The highest BCUT2D eigenvalue weighted by molar-refractivity contribution is 6.30. The number of amides is 3. The van der Waals surface area contributed by atoms with Crippen molar-refractivity contribution in [2.75, 3.05) is 32.7 Å². The van der Waals surface area contributed by atoms with Crippen LogP contribution in [0.3, 0.4) is 0 Å². The lowest BCUT2D eigenvalue weighted by Gasteiger charge is -2.34. The van der Waals surface area contributed by atoms with E-state index in [-0.39, 0.29) is 11.9 Å². The number of benzene rings is 1. The first-order valence-corrected chi connectivity index (χ1v) is 8.61. The van der Waals surface area contributed by atoms with Gasteiger partial charge in [-0.05, 0) is 36.2 Å². The topological polar surface area (TPSA) is 65.8 Å². The Kier molecular flexibility index (Phi) is 5.60. The number of carbonyl (C=O) groups excluding carboxylic acids is 2. The third kappa shape index (κ3) is 4.54. The van der Waals surface area contributed by atoms with E-state index in [9.17, 15) is 9.59 Å². The van der Waals surface area contributed by atoms with Crippen molar-refractivity contribution in [2.24, 2.45) is 0 Å². The Labute approximate surface area is 151 Å². The SMILES string of the molecule is O=C(NCCc1ccc(Cl)cc1)N1CCN(C(=O)c2ccco2)CC1. The molecule has 0 radical (unpaired) electrons. The van der Waals surface area contributed by atoms with Crippen molar-refractivity contribution in [3.8, 4) is 0 Å². The summed E-state index contributed by atoms with van der Waals surface area (Å²) in [7, 11) is 0. The normalized spacial score (nSPS) is 14.4. The molecule has 1 fully saturated rings. The van der Waals surface area contributed by atoms with Crippen molar-refractivity contribution in [2.45, 2.75) is 6.42 Å². The molecule has 6 nitrogen and oxygen atoms in total. The number of carbonyl (C=O) groups is 2. The Bertz CT molecular complexity index is 708. The first kappa shape index (κ1) is 17.4. The monoisotopic (exact) mass is 361 g/mol. The fraction of sp³-hybridized carbons (Fsp3) is 0.333. The van der Waals surface area contributed by atoms with Gasteiger partial charge < -0.3 is 19.5 Å². The molecule has 7 heteroatoms. The lowest BCUT2D eigenvalue weighted by atomic mass is 10.1. The van der Waals surface area contributed by atoms with E-state index >= 15 is 0 Å². The first-order valence-electron chi connectivity index (χ1n) is 8.23. The predicted octanol–water partition coefficient (Wildman–Crippen LogP) is 2.64. The van der Waals surface area contributed by atoms with Gasteiger partial charge in [0.1, 0.15) is 0 Å². The van der Waals surface area contributed by atoms with Gasteiger partial charge in [0.2, 0.25) is 0 Å². The summed E-state index contributed by atoms with van der Waals surface area (Å²) in [6, 6.07) is 10.8. The van der Waals surface area contributed by atoms with E-state index in [1.54, 1.807) is 21.9 Å². The minimum atomic E-state index is -0.132. The Morgan fingerprint density at radius 1 is 1.04 bits per heavy atom. The Morgan fingerprint density at radius 3 is 2.36 bits per heavy atom. The minimum absolute atomic E-state index is 0.0981.